The topological polar surface area (TPSA) is 91.3 Å². The number of ketones is 1. The van der Waals surface area contributed by atoms with Crippen LogP contribution in [0.4, 0.5) is 0 Å². The maximum Gasteiger partial charge on any atom is 0.295 e. The smallest absolute Gasteiger partial charge is 0.295 e. The van der Waals surface area contributed by atoms with Crippen molar-refractivity contribution in [2.45, 2.75) is 40.2 Å². The van der Waals surface area contributed by atoms with E-state index < -0.39 is 17.7 Å². The summed E-state index contributed by atoms with van der Waals surface area (Å²) in [7, 11) is 0. The molecule has 3 aromatic heterocycles. The lowest BCUT2D eigenvalue weighted by Crippen LogP contribution is -2.33. The van der Waals surface area contributed by atoms with Crippen molar-refractivity contribution in [2.75, 3.05) is 26.2 Å². The standard InChI is InChI=1S/C25H30N4O4/c1-5-27(6-2)13-9-15-29-22(18-12-11-16(3)33-18)20(24(31)25(29)32)23(30)21-17(4)26-19-10-7-8-14-28(19)21/h7-8,10-12,14,22,30H,5-6,9,13,15H2,1-4H3/b23-20+/t22-/m0/s1. The Morgan fingerprint density at radius 3 is 2.58 bits per heavy atom. The van der Waals surface area contributed by atoms with Crippen molar-refractivity contribution < 1.29 is 19.1 Å². The highest BCUT2D eigenvalue weighted by molar-refractivity contribution is 6.46. The minimum Gasteiger partial charge on any atom is -0.505 e. The van der Waals surface area contributed by atoms with E-state index in [2.05, 4.69) is 23.7 Å². The Hall–Kier alpha value is -3.39. The van der Waals surface area contributed by atoms with Gasteiger partial charge in [0.25, 0.3) is 11.7 Å². The molecule has 4 rings (SSSR count). The summed E-state index contributed by atoms with van der Waals surface area (Å²) in [6, 6.07) is 8.27. The molecule has 8 nitrogen and oxygen atoms in total. The molecule has 0 unspecified atom stereocenters. The van der Waals surface area contributed by atoms with E-state index in [1.807, 2.05) is 25.1 Å². The van der Waals surface area contributed by atoms with Gasteiger partial charge in [0, 0.05) is 12.7 Å². The fraction of sp³-hybridized carbons (Fsp3) is 0.400. The molecule has 0 aromatic carbocycles. The van der Waals surface area contributed by atoms with E-state index in [0.29, 0.717) is 41.5 Å². The highest BCUT2D eigenvalue weighted by Crippen LogP contribution is 2.40. The van der Waals surface area contributed by atoms with Crippen LogP contribution in [-0.4, -0.2) is 62.2 Å². The molecule has 174 valence electrons. The number of hydrogen-bond donors (Lipinski definition) is 1. The van der Waals surface area contributed by atoms with Gasteiger partial charge in [-0.15, -0.1) is 0 Å². The Labute approximate surface area is 193 Å². The number of carbonyl (C=O) groups is 2. The Balaban J connectivity index is 1.79. The minimum absolute atomic E-state index is 0.0333. The highest BCUT2D eigenvalue weighted by atomic mass is 16.3. The average molecular weight is 451 g/mol. The third-order valence-corrected chi connectivity index (χ3v) is 6.27. The summed E-state index contributed by atoms with van der Waals surface area (Å²) in [6.07, 6.45) is 2.48. The van der Waals surface area contributed by atoms with Gasteiger partial charge >= 0.3 is 0 Å². The largest absolute Gasteiger partial charge is 0.505 e. The van der Waals surface area contributed by atoms with E-state index in [9.17, 15) is 14.7 Å². The lowest BCUT2D eigenvalue weighted by atomic mass is 10.0. The van der Waals surface area contributed by atoms with E-state index in [-0.39, 0.29) is 11.3 Å². The Morgan fingerprint density at radius 2 is 1.91 bits per heavy atom. The number of rotatable bonds is 8. The number of likely N-dealkylation sites (tertiary alicyclic amines) is 1. The normalized spacial score (nSPS) is 18.2. The number of Topliss-reactive ketones (excluding diaryl/α,β-unsaturated/α-hetero) is 1. The predicted molar refractivity (Wildman–Crippen MR) is 125 cm³/mol. The van der Waals surface area contributed by atoms with Crippen LogP contribution in [0.2, 0.25) is 0 Å². The number of nitrogens with zero attached hydrogens (tertiary/aromatic N) is 4. The maximum absolute atomic E-state index is 13.2. The third kappa shape index (κ3) is 4.06. The Bertz CT molecular complexity index is 1220. The monoisotopic (exact) mass is 450 g/mol. The maximum atomic E-state index is 13.2. The van der Waals surface area contributed by atoms with Gasteiger partial charge in [0.15, 0.2) is 5.76 Å². The molecule has 1 amide bonds. The van der Waals surface area contributed by atoms with Crippen LogP contribution in [0.5, 0.6) is 0 Å². The van der Waals surface area contributed by atoms with Crippen molar-refractivity contribution in [1.29, 1.82) is 0 Å². The first kappa shape index (κ1) is 22.8. The summed E-state index contributed by atoms with van der Waals surface area (Å²) in [6.45, 7) is 10.8. The first-order valence-corrected chi connectivity index (χ1v) is 11.4. The zero-order valence-corrected chi connectivity index (χ0v) is 19.5. The number of pyridine rings is 1. The third-order valence-electron chi connectivity index (χ3n) is 6.27. The molecule has 33 heavy (non-hydrogen) atoms. The van der Waals surface area contributed by atoms with Crippen molar-refractivity contribution in [1.82, 2.24) is 19.2 Å². The minimum atomic E-state index is -0.788. The Morgan fingerprint density at radius 1 is 1.15 bits per heavy atom. The quantitative estimate of drug-likeness (QED) is 0.320. The first-order chi connectivity index (χ1) is 15.9. The van der Waals surface area contributed by atoms with Gasteiger partial charge in [0.1, 0.15) is 28.9 Å². The number of carbonyl (C=O) groups excluding carboxylic acids is 2. The zero-order chi connectivity index (χ0) is 23.7. The van der Waals surface area contributed by atoms with Gasteiger partial charge in [0.2, 0.25) is 0 Å². The van der Waals surface area contributed by atoms with Crippen LogP contribution >= 0.6 is 0 Å². The number of aliphatic hydroxyl groups excluding tert-OH is 1. The predicted octanol–water partition coefficient (Wildman–Crippen LogP) is 3.70. The molecule has 8 heteroatoms. The van der Waals surface area contributed by atoms with E-state index in [1.165, 1.54) is 4.90 Å². The fourth-order valence-electron chi connectivity index (χ4n) is 4.54. The average Bonchev–Trinajstić information content (AvgIpc) is 3.45. The SMILES string of the molecule is CCN(CC)CCCN1C(=O)C(=O)/C(=C(/O)c2c(C)nc3ccccn23)[C@@H]1c1ccc(C)o1. The number of furan rings is 1. The second-order valence-corrected chi connectivity index (χ2v) is 8.30. The summed E-state index contributed by atoms with van der Waals surface area (Å²) in [5, 5.41) is 11.4. The lowest BCUT2D eigenvalue weighted by Gasteiger charge is -2.25. The van der Waals surface area contributed by atoms with Gasteiger partial charge in [0.05, 0.1) is 11.3 Å². The number of aliphatic hydroxyl groups is 1. The molecule has 1 aliphatic rings. The van der Waals surface area contributed by atoms with Crippen molar-refractivity contribution >= 4 is 23.1 Å². The van der Waals surface area contributed by atoms with Gasteiger partial charge < -0.3 is 19.3 Å². The van der Waals surface area contributed by atoms with Crippen LogP contribution in [0.1, 0.15) is 49.2 Å². The lowest BCUT2D eigenvalue weighted by molar-refractivity contribution is -0.140. The Kier molecular flexibility index (Phi) is 6.37. The molecule has 1 N–H and O–H groups in total. The zero-order valence-electron chi connectivity index (χ0n) is 19.5. The molecule has 0 aliphatic carbocycles. The second kappa shape index (κ2) is 9.23. The van der Waals surface area contributed by atoms with Gasteiger partial charge in [-0.25, -0.2) is 4.98 Å². The van der Waals surface area contributed by atoms with E-state index in [0.717, 1.165) is 19.6 Å². The number of amides is 1. The molecule has 0 bridgehead atoms. The molecule has 1 fully saturated rings. The number of imidazole rings is 1. The molecule has 0 radical (unpaired) electrons. The van der Waals surface area contributed by atoms with E-state index >= 15 is 0 Å². The number of aromatic nitrogens is 2. The fourth-order valence-corrected chi connectivity index (χ4v) is 4.54. The van der Waals surface area contributed by atoms with Gasteiger partial charge in [-0.3, -0.25) is 14.0 Å². The molecule has 1 saturated heterocycles. The van der Waals surface area contributed by atoms with Crippen LogP contribution in [0.15, 0.2) is 46.5 Å². The van der Waals surface area contributed by atoms with Gasteiger partial charge in [-0.05, 0) is 64.2 Å². The van der Waals surface area contributed by atoms with Gasteiger partial charge in [-0.2, -0.15) is 0 Å². The molecule has 1 aliphatic heterocycles. The first-order valence-electron chi connectivity index (χ1n) is 11.4. The van der Waals surface area contributed by atoms with E-state index in [4.69, 9.17) is 4.42 Å². The molecule has 0 spiro atoms. The highest BCUT2D eigenvalue weighted by Gasteiger charge is 2.47. The van der Waals surface area contributed by atoms with Crippen molar-refractivity contribution in [3.05, 3.63) is 65.0 Å². The number of hydrogen-bond acceptors (Lipinski definition) is 6. The number of fused-ring (bicyclic) bond motifs is 1. The molecule has 0 saturated carbocycles. The van der Waals surface area contributed by atoms with Crippen molar-refractivity contribution in [2.24, 2.45) is 0 Å². The van der Waals surface area contributed by atoms with Gasteiger partial charge in [-0.1, -0.05) is 19.9 Å². The summed E-state index contributed by atoms with van der Waals surface area (Å²) in [5.41, 5.74) is 1.65. The summed E-state index contributed by atoms with van der Waals surface area (Å²) in [4.78, 5) is 34.6. The molecular weight excluding hydrogens is 420 g/mol. The molecule has 1 atom stereocenters. The van der Waals surface area contributed by atoms with Crippen LogP contribution in [0, 0.1) is 13.8 Å². The molecular formula is C25H30N4O4. The van der Waals surface area contributed by atoms with Crippen LogP contribution in [0.3, 0.4) is 0 Å². The molecule has 4 heterocycles. The molecule has 3 aromatic rings. The van der Waals surface area contributed by atoms with Crippen LogP contribution in [-0.2, 0) is 9.59 Å². The van der Waals surface area contributed by atoms with Crippen LogP contribution < -0.4 is 0 Å². The summed E-state index contributed by atoms with van der Waals surface area (Å²) >= 11 is 0. The van der Waals surface area contributed by atoms with Crippen LogP contribution in [0.25, 0.3) is 11.4 Å². The van der Waals surface area contributed by atoms with E-state index in [1.54, 1.807) is 29.7 Å². The summed E-state index contributed by atoms with van der Waals surface area (Å²) < 4.78 is 7.58. The second-order valence-electron chi connectivity index (χ2n) is 8.30. The van der Waals surface area contributed by atoms with Crippen molar-refractivity contribution in [3.63, 3.8) is 0 Å². The van der Waals surface area contributed by atoms with Crippen molar-refractivity contribution in [3.8, 4) is 0 Å². The number of aryl methyl sites for hydroxylation is 2. The summed E-state index contributed by atoms with van der Waals surface area (Å²) in [5.74, 6) is -0.441.